The molecule has 1 rings (SSSR count). The van der Waals surface area contributed by atoms with E-state index >= 15 is 0 Å². The van der Waals surface area contributed by atoms with Crippen LogP contribution < -0.4 is 0 Å². The zero-order valence-corrected chi connectivity index (χ0v) is 7.17. The maximum atomic E-state index is 9.88. The zero-order valence-electron chi connectivity index (χ0n) is 7.17. The van der Waals surface area contributed by atoms with E-state index in [1.807, 2.05) is 6.92 Å². The summed E-state index contributed by atoms with van der Waals surface area (Å²) in [6.45, 7) is 3.80. The summed E-state index contributed by atoms with van der Waals surface area (Å²) in [6.07, 6.45) is 2.98. The van der Waals surface area contributed by atoms with Gasteiger partial charge in [0, 0.05) is 0 Å². The highest BCUT2D eigenvalue weighted by Gasteiger charge is 2.39. The van der Waals surface area contributed by atoms with Gasteiger partial charge >= 0.3 is 0 Å². The summed E-state index contributed by atoms with van der Waals surface area (Å²) in [5.74, 6) is 0.104. The summed E-state index contributed by atoms with van der Waals surface area (Å²) >= 11 is 0. The van der Waals surface area contributed by atoms with Crippen molar-refractivity contribution in [2.45, 2.75) is 38.7 Å². The number of aliphatic hydroxyl groups is 1. The topological polar surface area (TPSA) is 44.0 Å². The lowest BCUT2D eigenvalue weighted by Crippen LogP contribution is -2.43. The predicted octanol–water partition coefficient (Wildman–Crippen LogP) is 1.70. The molecule has 3 unspecified atom stereocenters. The average Bonchev–Trinajstić information content (AvgIpc) is 1.95. The minimum absolute atomic E-state index is 0.161. The van der Waals surface area contributed by atoms with Crippen molar-refractivity contribution in [3.8, 4) is 6.07 Å². The Kier molecular flexibility index (Phi) is 2.20. The molecule has 0 spiro atoms. The molecule has 0 bridgehead atoms. The van der Waals surface area contributed by atoms with Crippen LogP contribution >= 0.6 is 0 Å². The maximum Gasteiger partial charge on any atom is 0.0802 e. The summed E-state index contributed by atoms with van der Waals surface area (Å²) in [6, 6.07) is 2.17. The summed E-state index contributed by atoms with van der Waals surface area (Å²) in [5, 5.41) is 18.6. The molecule has 2 nitrogen and oxygen atoms in total. The highest BCUT2D eigenvalue weighted by atomic mass is 16.3. The summed E-state index contributed by atoms with van der Waals surface area (Å²) in [7, 11) is 0. The number of nitriles is 1. The average molecular weight is 153 g/mol. The second-order valence-corrected chi connectivity index (χ2v) is 3.74. The third-order valence-corrected chi connectivity index (χ3v) is 2.99. The minimum atomic E-state index is -0.757. The van der Waals surface area contributed by atoms with Crippen molar-refractivity contribution < 1.29 is 5.11 Å². The van der Waals surface area contributed by atoms with Crippen LogP contribution in [0.15, 0.2) is 0 Å². The van der Waals surface area contributed by atoms with E-state index in [0.29, 0.717) is 0 Å². The molecule has 1 N–H and O–H groups in total. The Bertz CT molecular complexity index is 180. The Morgan fingerprint density at radius 2 is 2.18 bits per heavy atom. The Balaban J connectivity index is 2.75. The maximum absolute atomic E-state index is 9.88. The van der Waals surface area contributed by atoms with Crippen molar-refractivity contribution in [3.63, 3.8) is 0 Å². The second kappa shape index (κ2) is 2.83. The van der Waals surface area contributed by atoms with Crippen LogP contribution in [-0.2, 0) is 0 Å². The van der Waals surface area contributed by atoms with Crippen LogP contribution in [0.25, 0.3) is 0 Å². The van der Waals surface area contributed by atoms with E-state index < -0.39 is 5.60 Å². The van der Waals surface area contributed by atoms with Gasteiger partial charge in [-0.05, 0) is 25.7 Å². The van der Waals surface area contributed by atoms with Crippen LogP contribution in [0.5, 0.6) is 0 Å². The molecular formula is C9H15NO. The molecule has 0 aromatic carbocycles. The standard InChI is InChI=1S/C9H15NO/c1-7-4-3-5-8(6-10)9(7,2)11/h7-8,11H,3-5H2,1-2H3. The minimum Gasteiger partial charge on any atom is -0.389 e. The largest absolute Gasteiger partial charge is 0.389 e. The number of nitrogens with zero attached hydrogens (tertiary/aromatic N) is 1. The lowest BCUT2D eigenvalue weighted by Gasteiger charge is -2.38. The molecule has 0 amide bonds. The zero-order chi connectivity index (χ0) is 8.48. The van der Waals surface area contributed by atoms with Crippen molar-refractivity contribution >= 4 is 0 Å². The first-order valence-electron chi connectivity index (χ1n) is 4.21. The SMILES string of the molecule is CC1CCCC(C#N)C1(C)O. The molecule has 0 radical (unpaired) electrons. The molecular weight excluding hydrogens is 138 g/mol. The molecule has 1 aliphatic rings. The van der Waals surface area contributed by atoms with Gasteiger partial charge < -0.3 is 5.11 Å². The van der Waals surface area contributed by atoms with Gasteiger partial charge in [0.25, 0.3) is 0 Å². The summed E-state index contributed by atoms with van der Waals surface area (Å²) in [4.78, 5) is 0. The normalized spacial score (nSPS) is 44.9. The molecule has 62 valence electrons. The molecule has 0 saturated heterocycles. The molecule has 11 heavy (non-hydrogen) atoms. The summed E-state index contributed by atoms with van der Waals surface area (Å²) in [5.41, 5.74) is -0.757. The van der Waals surface area contributed by atoms with Crippen molar-refractivity contribution in [3.05, 3.63) is 0 Å². The van der Waals surface area contributed by atoms with E-state index in [1.165, 1.54) is 0 Å². The van der Waals surface area contributed by atoms with Crippen LogP contribution in [0.4, 0.5) is 0 Å². The molecule has 0 aromatic rings. The molecule has 0 heterocycles. The van der Waals surface area contributed by atoms with Gasteiger partial charge in [0.1, 0.15) is 0 Å². The lowest BCUT2D eigenvalue weighted by atomic mass is 9.71. The van der Waals surface area contributed by atoms with Crippen LogP contribution in [-0.4, -0.2) is 10.7 Å². The molecule has 1 fully saturated rings. The summed E-state index contributed by atoms with van der Waals surface area (Å²) < 4.78 is 0. The van der Waals surface area contributed by atoms with Gasteiger partial charge in [-0.3, -0.25) is 0 Å². The van der Waals surface area contributed by atoms with Gasteiger partial charge in [-0.1, -0.05) is 13.3 Å². The van der Waals surface area contributed by atoms with Crippen molar-refractivity contribution in [2.24, 2.45) is 11.8 Å². The number of rotatable bonds is 0. The van der Waals surface area contributed by atoms with Gasteiger partial charge in [0.2, 0.25) is 0 Å². The molecule has 2 heteroatoms. The Morgan fingerprint density at radius 3 is 2.64 bits per heavy atom. The molecule has 3 atom stereocenters. The fourth-order valence-corrected chi connectivity index (χ4v) is 1.75. The third kappa shape index (κ3) is 1.39. The van der Waals surface area contributed by atoms with Gasteiger partial charge in [-0.25, -0.2) is 0 Å². The van der Waals surface area contributed by atoms with Gasteiger partial charge in [-0.2, -0.15) is 5.26 Å². The van der Waals surface area contributed by atoms with Crippen LogP contribution in [0, 0.1) is 23.2 Å². The Morgan fingerprint density at radius 1 is 1.55 bits per heavy atom. The molecule has 1 aliphatic carbocycles. The number of hydrogen-bond donors (Lipinski definition) is 1. The third-order valence-electron chi connectivity index (χ3n) is 2.99. The smallest absolute Gasteiger partial charge is 0.0802 e. The fourth-order valence-electron chi connectivity index (χ4n) is 1.75. The highest BCUT2D eigenvalue weighted by Crippen LogP contribution is 2.37. The fraction of sp³-hybridized carbons (Fsp3) is 0.889. The van der Waals surface area contributed by atoms with E-state index in [2.05, 4.69) is 6.07 Å². The van der Waals surface area contributed by atoms with E-state index in [1.54, 1.807) is 6.92 Å². The van der Waals surface area contributed by atoms with Crippen LogP contribution in [0.1, 0.15) is 33.1 Å². The highest BCUT2D eigenvalue weighted by molar-refractivity contribution is 5.01. The van der Waals surface area contributed by atoms with Gasteiger partial charge in [-0.15, -0.1) is 0 Å². The van der Waals surface area contributed by atoms with Crippen molar-refractivity contribution in [1.82, 2.24) is 0 Å². The van der Waals surface area contributed by atoms with Gasteiger partial charge in [0.15, 0.2) is 0 Å². The molecule has 0 aliphatic heterocycles. The second-order valence-electron chi connectivity index (χ2n) is 3.74. The first-order chi connectivity index (χ1) is 5.09. The predicted molar refractivity (Wildman–Crippen MR) is 42.7 cm³/mol. The molecule has 0 aromatic heterocycles. The van der Waals surface area contributed by atoms with E-state index in [-0.39, 0.29) is 11.8 Å². The van der Waals surface area contributed by atoms with E-state index in [9.17, 15) is 5.11 Å². The van der Waals surface area contributed by atoms with Crippen LogP contribution in [0.2, 0.25) is 0 Å². The van der Waals surface area contributed by atoms with Crippen LogP contribution in [0.3, 0.4) is 0 Å². The van der Waals surface area contributed by atoms with Gasteiger partial charge in [0.05, 0.1) is 17.6 Å². The Labute approximate surface area is 67.8 Å². The lowest BCUT2D eigenvalue weighted by molar-refractivity contribution is -0.0530. The van der Waals surface area contributed by atoms with Crippen molar-refractivity contribution in [2.75, 3.05) is 0 Å². The van der Waals surface area contributed by atoms with E-state index in [4.69, 9.17) is 5.26 Å². The monoisotopic (exact) mass is 153 g/mol. The quantitative estimate of drug-likeness (QED) is 0.575. The first-order valence-corrected chi connectivity index (χ1v) is 4.21. The first kappa shape index (κ1) is 8.55. The number of hydrogen-bond acceptors (Lipinski definition) is 2. The van der Waals surface area contributed by atoms with E-state index in [0.717, 1.165) is 19.3 Å². The molecule has 1 saturated carbocycles. The van der Waals surface area contributed by atoms with Crippen molar-refractivity contribution in [1.29, 1.82) is 5.26 Å². The Hall–Kier alpha value is -0.550.